The monoisotopic (exact) mass is 402 g/mol. The zero-order valence-electron chi connectivity index (χ0n) is 14.9. The Hall–Kier alpha value is -2.74. The molecule has 2 N–H and O–H groups in total. The molecule has 2 aromatic rings. The Morgan fingerprint density at radius 3 is 2.54 bits per heavy atom. The van der Waals surface area contributed by atoms with Gasteiger partial charge in [-0.1, -0.05) is 17.7 Å². The van der Waals surface area contributed by atoms with E-state index in [2.05, 4.69) is 4.98 Å². The Morgan fingerprint density at radius 1 is 1.14 bits per heavy atom. The number of likely N-dealkylation sites (tertiary alicyclic amines) is 1. The number of hydrogen-bond acceptors (Lipinski definition) is 6. The second-order valence-electron chi connectivity index (χ2n) is 6.09. The molecule has 0 bridgehead atoms. The van der Waals surface area contributed by atoms with Crippen LogP contribution in [-0.4, -0.2) is 58.2 Å². The molecule has 7 nitrogen and oxygen atoms in total. The third-order valence-electron chi connectivity index (χ3n) is 4.34. The van der Waals surface area contributed by atoms with Crippen LogP contribution in [0.25, 0.3) is 5.76 Å². The fourth-order valence-electron chi connectivity index (χ4n) is 3.05. The summed E-state index contributed by atoms with van der Waals surface area (Å²) in [5.41, 5.74) is 0.799. The first-order chi connectivity index (χ1) is 13.5. The number of ketones is 1. The maximum absolute atomic E-state index is 12.7. The molecule has 1 aliphatic heterocycles. The number of carbonyl (C=O) groups excluding carboxylic acids is 2. The van der Waals surface area contributed by atoms with Crippen LogP contribution in [0.2, 0.25) is 5.02 Å². The number of aliphatic hydroxyl groups excluding tert-OH is 2. The molecule has 1 atom stereocenters. The van der Waals surface area contributed by atoms with E-state index in [1.165, 1.54) is 4.90 Å². The van der Waals surface area contributed by atoms with Crippen molar-refractivity contribution in [1.82, 2.24) is 9.88 Å². The maximum Gasteiger partial charge on any atom is 0.295 e. The molecule has 8 heteroatoms. The zero-order chi connectivity index (χ0) is 20.1. The molecule has 28 heavy (non-hydrogen) atoms. The molecule has 1 aliphatic rings. The summed E-state index contributed by atoms with van der Waals surface area (Å²) < 4.78 is 5.24. The van der Waals surface area contributed by atoms with E-state index in [0.29, 0.717) is 16.3 Å². The smallest absolute Gasteiger partial charge is 0.295 e. The fraction of sp³-hybridized carbons (Fsp3) is 0.250. The first-order valence-electron chi connectivity index (χ1n) is 8.68. The van der Waals surface area contributed by atoms with E-state index in [1.54, 1.807) is 48.7 Å². The number of halogens is 1. The van der Waals surface area contributed by atoms with Gasteiger partial charge in [-0.15, -0.1) is 0 Å². The number of amides is 1. The molecule has 0 radical (unpaired) electrons. The molecule has 1 saturated heterocycles. The number of aromatic nitrogens is 1. The number of benzene rings is 1. The van der Waals surface area contributed by atoms with Gasteiger partial charge in [-0.05, 0) is 36.4 Å². The Kier molecular flexibility index (Phi) is 6.41. The summed E-state index contributed by atoms with van der Waals surface area (Å²) in [5.74, 6) is -1.81. The van der Waals surface area contributed by atoms with Crippen molar-refractivity contribution < 1.29 is 24.5 Å². The van der Waals surface area contributed by atoms with Crippen molar-refractivity contribution in [2.45, 2.75) is 6.04 Å². The van der Waals surface area contributed by atoms with Crippen molar-refractivity contribution in [3.63, 3.8) is 0 Å². The molecule has 2 heterocycles. The van der Waals surface area contributed by atoms with Crippen LogP contribution in [0.4, 0.5) is 0 Å². The largest absolute Gasteiger partial charge is 0.507 e. The first-order valence-corrected chi connectivity index (χ1v) is 9.06. The Labute approximate surface area is 166 Å². The van der Waals surface area contributed by atoms with E-state index in [0.717, 1.165) is 0 Å². The molecule has 0 aliphatic carbocycles. The second-order valence-corrected chi connectivity index (χ2v) is 6.53. The van der Waals surface area contributed by atoms with E-state index in [4.69, 9.17) is 21.4 Å². The number of hydrogen-bond donors (Lipinski definition) is 2. The summed E-state index contributed by atoms with van der Waals surface area (Å²) in [7, 11) is 0. The minimum atomic E-state index is -0.838. The predicted octanol–water partition coefficient (Wildman–Crippen LogP) is 2.17. The minimum Gasteiger partial charge on any atom is -0.507 e. The molecular weight excluding hydrogens is 384 g/mol. The highest BCUT2D eigenvalue weighted by molar-refractivity contribution is 6.46. The average Bonchev–Trinajstić information content (AvgIpc) is 2.97. The molecule has 1 fully saturated rings. The van der Waals surface area contributed by atoms with Gasteiger partial charge in [0.1, 0.15) is 11.8 Å². The van der Waals surface area contributed by atoms with Crippen molar-refractivity contribution in [3.05, 3.63) is 70.5 Å². The molecule has 1 amide bonds. The molecule has 146 valence electrons. The molecule has 0 saturated carbocycles. The molecular formula is C20H19ClN2O5. The number of ether oxygens (including phenoxy) is 1. The number of nitrogens with zero attached hydrogens (tertiary/aromatic N) is 2. The molecule has 0 unspecified atom stereocenters. The van der Waals surface area contributed by atoms with Gasteiger partial charge in [-0.3, -0.25) is 14.6 Å². The lowest BCUT2D eigenvalue weighted by Crippen LogP contribution is -2.33. The minimum absolute atomic E-state index is 0.0341. The van der Waals surface area contributed by atoms with E-state index < -0.39 is 17.7 Å². The number of carbonyl (C=O) groups is 2. The average molecular weight is 403 g/mol. The SMILES string of the molecule is O=C1C(=O)N(CCOCCO)[C@H](c2ccccn2)C1=C(O)c1ccc(Cl)cc1. The number of pyridine rings is 1. The zero-order valence-corrected chi connectivity index (χ0v) is 15.7. The van der Waals surface area contributed by atoms with Gasteiger partial charge in [0.25, 0.3) is 11.7 Å². The highest BCUT2D eigenvalue weighted by atomic mass is 35.5. The summed E-state index contributed by atoms with van der Waals surface area (Å²) in [6.07, 6.45) is 1.56. The van der Waals surface area contributed by atoms with Crippen molar-refractivity contribution in [2.24, 2.45) is 0 Å². The summed E-state index contributed by atoms with van der Waals surface area (Å²) >= 11 is 5.89. The first kappa shape index (κ1) is 20.0. The topological polar surface area (TPSA) is 100.0 Å². The quantitative estimate of drug-likeness (QED) is 0.318. The van der Waals surface area contributed by atoms with Gasteiger partial charge in [0.05, 0.1) is 31.1 Å². The summed E-state index contributed by atoms with van der Waals surface area (Å²) in [6, 6.07) is 10.6. The number of aliphatic hydroxyl groups is 2. The Balaban J connectivity index is 2.03. The van der Waals surface area contributed by atoms with E-state index in [9.17, 15) is 14.7 Å². The van der Waals surface area contributed by atoms with Gasteiger partial charge in [0.2, 0.25) is 0 Å². The van der Waals surface area contributed by atoms with Crippen molar-refractivity contribution in [1.29, 1.82) is 0 Å². The normalized spacial score (nSPS) is 18.6. The van der Waals surface area contributed by atoms with Crippen LogP contribution in [0.1, 0.15) is 17.3 Å². The number of Topliss-reactive ketones (excluding diaryl/α,β-unsaturated/α-hetero) is 1. The Bertz CT molecular complexity index is 883. The second kappa shape index (κ2) is 8.97. The highest BCUT2D eigenvalue weighted by Crippen LogP contribution is 2.38. The van der Waals surface area contributed by atoms with E-state index >= 15 is 0 Å². The standard InChI is InChI=1S/C20H19ClN2O5/c21-14-6-4-13(5-7-14)18(25)16-17(15-3-1-2-8-22-15)23(20(27)19(16)26)9-11-28-12-10-24/h1-8,17,24-25H,9-12H2/t17-/m1/s1. The highest BCUT2D eigenvalue weighted by Gasteiger charge is 2.46. The van der Waals surface area contributed by atoms with Crippen molar-refractivity contribution >= 4 is 29.1 Å². The van der Waals surface area contributed by atoms with Gasteiger partial charge in [0.15, 0.2) is 0 Å². The summed E-state index contributed by atoms with van der Waals surface area (Å²) in [5, 5.41) is 20.1. The predicted molar refractivity (Wildman–Crippen MR) is 103 cm³/mol. The maximum atomic E-state index is 12.7. The summed E-state index contributed by atoms with van der Waals surface area (Å²) in [4.78, 5) is 31.0. The third kappa shape index (κ3) is 4.06. The van der Waals surface area contributed by atoms with E-state index in [1.807, 2.05) is 0 Å². The van der Waals surface area contributed by atoms with Crippen molar-refractivity contribution in [3.8, 4) is 0 Å². The number of rotatable bonds is 7. The van der Waals surface area contributed by atoms with Gasteiger partial charge >= 0.3 is 0 Å². The lowest BCUT2D eigenvalue weighted by molar-refractivity contribution is -0.140. The molecule has 1 aromatic carbocycles. The van der Waals surface area contributed by atoms with Gasteiger partial charge in [-0.2, -0.15) is 0 Å². The van der Waals surface area contributed by atoms with Crippen LogP contribution in [-0.2, 0) is 14.3 Å². The van der Waals surface area contributed by atoms with Crippen LogP contribution in [0.3, 0.4) is 0 Å². The van der Waals surface area contributed by atoms with Gasteiger partial charge < -0.3 is 19.8 Å². The van der Waals surface area contributed by atoms with Crippen LogP contribution < -0.4 is 0 Å². The lowest BCUT2D eigenvalue weighted by Gasteiger charge is -2.24. The molecule has 0 spiro atoms. The fourth-order valence-corrected chi connectivity index (χ4v) is 3.17. The Morgan fingerprint density at radius 2 is 1.89 bits per heavy atom. The van der Waals surface area contributed by atoms with Crippen LogP contribution in [0.5, 0.6) is 0 Å². The summed E-state index contributed by atoms with van der Waals surface area (Å²) in [6.45, 7) is 0.239. The van der Waals surface area contributed by atoms with Gasteiger partial charge in [-0.25, -0.2) is 0 Å². The van der Waals surface area contributed by atoms with Crippen LogP contribution in [0.15, 0.2) is 54.2 Å². The van der Waals surface area contributed by atoms with Crippen LogP contribution >= 0.6 is 11.6 Å². The van der Waals surface area contributed by atoms with Gasteiger partial charge in [0, 0.05) is 23.3 Å². The molecule has 1 aromatic heterocycles. The van der Waals surface area contributed by atoms with Crippen LogP contribution in [0, 0.1) is 0 Å². The van der Waals surface area contributed by atoms with Crippen molar-refractivity contribution in [2.75, 3.05) is 26.4 Å². The lowest BCUT2D eigenvalue weighted by atomic mass is 9.98. The van der Waals surface area contributed by atoms with E-state index in [-0.39, 0.29) is 37.7 Å². The molecule has 3 rings (SSSR count). The third-order valence-corrected chi connectivity index (χ3v) is 4.59.